The fraction of sp³-hybridized carbons (Fsp3) is 0.615. The van der Waals surface area contributed by atoms with Crippen LogP contribution in [0.25, 0.3) is 0 Å². The number of unbranched alkanes of at least 4 members (excludes halogenated alkanes) is 1. The standard InChI is InChI=1S/C13H18ClN3O3S/c1-2-3-7-17(10-6-8-21(19,20)9-10)13(18)11-4-5-12(14)16-15-11/h4-5,10H,2-3,6-9H2,1H3. The van der Waals surface area contributed by atoms with Gasteiger partial charge < -0.3 is 4.90 Å². The Morgan fingerprint density at radius 3 is 2.71 bits per heavy atom. The van der Waals surface area contributed by atoms with Crippen LogP contribution in [0.15, 0.2) is 12.1 Å². The summed E-state index contributed by atoms with van der Waals surface area (Å²) in [6.45, 7) is 2.55. The van der Waals surface area contributed by atoms with Crippen LogP contribution in [0.2, 0.25) is 5.15 Å². The zero-order valence-electron chi connectivity index (χ0n) is 11.8. The van der Waals surface area contributed by atoms with E-state index in [1.165, 1.54) is 12.1 Å². The normalized spacial score (nSPS) is 20.4. The van der Waals surface area contributed by atoms with Crippen LogP contribution in [-0.4, -0.2) is 53.5 Å². The number of nitrogens with zero attached hydrogens (tertiary/aromatic N) is 3. The fourth-order valence-electron chi connectivity index (χ4n) is 2.38. The van der Waals surface area contributed by atoms with E-state index < -0.39 is 9.84 Å². The Bertz CT molecular complexity index is 604. The molecule has 0 aliphatic carbocycles. The minimum Gasteiger partial charge on any atom is -0.333 e. The molecule has 2 rings (SSSR count). The third-order valence-corrected chi connectivity index (χ3v) is 5.47. The molecule has 0 aromatic carbocycles. The Morgan fingerprint density at radius 1 is 1.43 bits per heavy atom. The fourth-order valence-corrected chi connectivity index (χ4v) is 4.21. The van der Waals surface area contributed by atoms with Gasteiger partial charge in [-0.2, -0.15) is 0 Å². The molecule has 0 radical (unpaired) electrons. The Hall–Kier alpha value is -1.21. The van der Waals surface area contributed by atoms with Crippen molar-refractivity contribution >= 4 is 27.3 Å². The van der Waals surface area contributed by atoms with Crippen molar-refractivity contribution in [2.75, 3.05) is 18.1 Å². The molecule has 0 bridgehead atoms. The lowest BCUT2D eigenvalue weighted by Crippen LogP contribution is -2.42. The van der Waals surface area contributed by atoms with Crippen LogP contribution in [0.1, 0.15) is 36.7 Å². The molecule has 6 nitrogen and oxygen atoms in total. The molecule has 1 aromatic heterocycles. The lowest BCUT2D eigenvalue weighted by atomic mass is 10.1. The number of aromatic nitrogens is 2. The Balaban J connectivity index is 2.19. The third kappa shape index (κ3) is 4.14. The van der Waals surface area contributed by atoms with Gasteiger partial charge in [-0.05, 0) is 25.0 Å². The minimum absolute atomic E-state index is 0.0312. The maximum atomic E-state index is 12.5. The van der Waals surface area contributed by atoms with Crippen LogP contribution in [0.3, 0.4) is 0 Å². The van der Waals surface area contributed by atoms with Crippen LogP contribution < -0.4 is 0 Å². The van der Waals surface area contributed by atoms with Gasteiger partial charge in [0.2, 0.25) is 0 Å². The van der Waals surface area contributed by atoms with Gasteiger partial charge in [-0.15, -0.1) is 10.2 Å². The molecular formula is C13H18ClN3O3S. The monoisotopic (exact) mass is 331 g/mol. The van der Waals surface area contributed by atoms with Crippen molar-refractivity contribution < 1.29 is 13.2 Å². The van der Waals surface area contributed by atoms with Crippen LogP contribution in [0.4, 0.5) is 0 Å². The summed E-state index contributed by atoms with van der Waals surface area (Å²) in [5.41, 5.74) is 0.194. The second kappa shape index (κ2) is 6.70. The van der Waals surface area contributed by atoms with Gasteiger partial charge in [0, 0.05) is 12.6 Å². The van der Waals surface area contributed by atoms with E-state index in [-0.39, 0.29) is 34.3 Å². The van der Waals surface area contributed by atoms with Crippen molar-refractivity contribution in [2.45, 2.75) is 32.2 Å². The predicted molar refractivity (Wildman–Crippen MR) is 80.0 cm³/mol. The average molecular weight is 332 g/mol. The van der Waals surface area contributed by atoms with E-state index in [1.807, 2.05) is 6.92 Å². The zero-order valence-corrected chi connectivity index (χ0v) is 13.4. The molecule has 1 aliphatic heterocycles. The van der Waals surface area contributed by atoms with E-state index >= 15 is 0 Å². The summed E-state index contributed by atoms with van der Waals surface area (Å²) in [6.07, 6.45) is 2.23. The van der Waals surface area contributed by atoms with Gasteiger partial charge in [0.1, 0.15) is 0 Å². The molecule has 21 heavy (non-hydrogen) atoms. The molecule has 1 atom stereocenters. The maximum absolute atomic E-state index is 12.5. The lowest BCUT2D eigenvalue weighted by Gasteiger charge is -2.27. The van der Waals surface area contributed by atoms with Crippen molar-refractivity contribution in [3.05, 3.63) is 23.0 Å². The summed E-state index contributed by atoms with van der Waals surface area (Å²) in [4.78, 5) is 14.2. The molecule has 0 saturated carbocycles. The molecule has 1 fully saturated rings. The first-order valence-corrected chi connectivity index (χ1v) is 9.13. The first-order valence-electron chi connectivity index (χ1n) is 6.93. The summed E-state index contributed by atoms with van der Waals surface area (Å²) in [6, 6.07) is 2.75. The number of hydrogen-bond acceptors (Lipinski definition) is 5. The predicted octanol–water partition coefficient (Wildman–Crippen LogP) is 1.56. The molecule has 0 spiro atoms. The first-order chi connectivity index (χ1) is 9.93. The number of rotatable bonds is 5. The largest absolute Gasteiger partial charge is 0.333 e. The molecule has 2 heterocycles. The van der Waals surface area contributed by atoms with E-state index in [0.29, 0.717) is 13.0 Å². The maximum Gasteiger partial charge on any atom is 0.274 e. The second-order valence-electron chi connectivity index (χ2n) is 5.15. The minimum atomic E-state index is -3.04. The highest BCUT2D eigenvalue weighted by molar-refractivity contribution is 7.91. The molecule has 1 unspecified atom stereocenters. The topological polar surface area (TPSA) is 80.2 Å². The molecule has 1 saturated heterocycles. The molecule has 1 aromatic rings. The van der Waals surface area contributed by atoms with Crippen LogP contribution >= 0.6 is 11.6 Å². The smallest absolute Gasteiger partial charge is 0.274 e. The quantitative estimate of drug-likeness (QED) is 0.818. The summed E-state index contributed by atoms with van der Waals surface area (Å²) in [5, 5.41) is 7.68. The Morgan fingerprint density at radius 2 is 2.19 bits per heavy atom. The summed E-state index contributed by atoms with van der Waals surface area (Å²) in [5.74, 6) is -0.113. The number of hydrogen-bond donors (Lipinski definition) is 0. The van der Waals surface area contributed by atoms with E-state index in [4.69, 9.17) is 11.6 Å². The Kier molecular flexibility index (Phi) is 5.16. The lowest BCUT2D eigenvalue weighted by molar-refractivity contribution is 0.0687. The highest BCUT2D eigenvalue weighted by atomic mass is 35.5. The average Bonchev–Trinajstić information content (AvgIpc) is 2.80. The van der Waals surface area contributed by atoms with E-state index in [1.54, 1.807) is 4.90 Å². The van der Waals surface area contributed by atoms with Crippen LogP contribution in [0, 0.1) is 0 Å². The van der Waals surface area contributed by atoms with Crippen LogP contribution in [0.5, 0.6) is 0 Å². The summed E-state index contributed by atoms with van der Waals surface area (Å²) in [7, 11) is -3.04. The summed E-state index contributed by atoms with van der Waals surface area (Å²) < 4.78 is 23.3. The SMILES string of the molecule is CCCCN(C(=O)c1ccc(Cl)nn1)C1CCS(=O)(=O)C1. The molecular weight excluding hydrogens is 314 g/mol. The number of sulfone groups is 1. The molecule has 1 aliphatic rings. The third-order valence-electron chi connectivity index (χ3n) is 3.51. The van der Waals surface area contributed by atoms with E-state index in [9.17, 15) is 13.2 Å². The highest BCUT2D eigenvalue weighted by Gasteiger charge is 2.35. The molecule has 116 valence electrons. The van der Waals surface area contributed by atoms with Gasteiger partial charge in [-0.25, -0.2) is 8.42 Å². The van der Waals surface area contributed by atoms with Crippen molar-refractivity contribution in [1.29, 1.82) is 0 Å². The second-order valence-corrected chi connectivity index (χ2v) is 7.77. The summed E-state index contributed by atoms with van der Waals surface area (Å²) >= 11 is 5.67. The van der Waals surface area contributed by atoms with Gasteiger partial charge in [0.15, 0.2) is 20.7 Å². The molecule has 1 amide bonds. The van der Waals surface area contributed by atoms with Gasteiger partial charge in [-0.3, -0.25) is 4.79 Å². The van der Waals surface area contributed by atoms with Gasteiger partial charge in [0.25, 0.3) is 5.91 Å². The van der Waals surface area contributed by atoms with Gasteiger partial charge in [0.05, 0.1) is 11.5 Å². The van der Waals surface area contributed by atoms with E-state index in [2.05, 4.69) is 10.2 Å². The van der Waals surface area contributed by atoms with Crippen LogP contribution in [-0.2, 0) is 9.84 Å². The highest BCUT2D eigenvalue weighted by Crippen LogP contribution is 2.20. The van der Waals surface area contributed by atoms with Gasteiger partial charge >= 0.3 is 0 Å². The Labute approximate surface area is 129 Å². The molecule has 0 N–H and O–H groups in total. The zero-order chi connectivity index (χ0) is 15.5. The van der Waals surface area contributed by atoms with Crippen molar-refractivity contribution in [2.24, 2.45) is 0 Å². The first kappa shape index (κ1) is 16.2. The number of carbonyl (C=O) groups excluding carboxylic acids is 1. The van der Waals surface area contributed by atoms with E-state index in [0.717, 1.165) is 12.8 Å². The van der Waals surface area contributed by atoms with Crippen molar-refractivity contribution in [3.63, 3.8) is 0 Å². The van der Waals surface area contributed by atoms with Crippen molar-refractivity contribution in [1.82, 2.24) is 15.1 Å². The molecule has 8 heteroatoms. The van der Waals surface area contributed by atoms with Gasteiger partial charge in [-0.1, -0.05) is 24.9 Å². The number of halogens is 1. The van der Waals surface area contributed by atoms with Crippen molar-refractivity contribution in [3.8, 4) is 0 Å². The number of carbonyl (C=O) groups is 1. The number of amides is 1.